The van der Waals surface area contributed by atoms with E-state index in [9.17, 15) is 0 Å². The van der Waals surface area contributed by atoms with Gasteiger partial charge >= 0.3 is 0 Å². The second-order valence-corrected chi connectivity index (χ2v) is 7.53. The highest BCUT2D eigenvalue weighted by atomic mass is 35.5. The van der Waals surface area contributed by atoms with E-state index in [1.165, 1.54) is 28.0 Å². The minimum absolute atomic E-state index is 0.678. The summed E-state index contributed by atoms with van der Waals surface area (Å²) < 4.78 is 2.37. The Balaban J connectivity index is 2.05. The summed E-state index contributed by atoms with van der Waals surface area (Å²) in [5.41, 5.74) is 6.20. The molecule has 1 aromatic heterocycles. The number of hydrogen-bond donors (Lipinski definition) is 0. The van der Waals surface area contributed by atoms with Crippen molar-refractivity contribution in [2.45, 2.75) is 47.1 Å². The molecule has 0 saturated carbocycles. The van der Waals surface area contributed by atoms with Crippen molar-refractivity contribution in [3.63, 3.8) is 0 Å². The normalized spacial score (nSPS) is 11.6. The zero-order chi connectivity index (χ0) is 17.3. The molecule has 0 spiro atoms. The minimum atomic E-state index is 0.678. The molecule has 3 heteroatoms. The van der Waals surface area contributed by atoms with Crippen molar-refractivity contribution in [1.82, 2.24) is 9.55 Å². The summed E-state index contributed by atoms with van der Waals surface area (Å²) in [6.07, 6.45) is 2.17. The van der Waals surface area contributed by atoms with Gasteiger partial charge in [0.2, 0.25) is 0 Å². The molecule has 1 heterocycles. The van der Waals surface area contributed by atoms with Gasteiger partial charge in [0.25, 0.3) is 0 Å². The number of imidazole rings is 1. The molecule has 2 aromatic carbocycles. The maximum Gasteiger partial charge on any atom is 0.110 e. The second-order valence-electron chi connectivity index (χ2n) is 7.10. The van der Waals surface area contributed by atoms with E-state index in [0.717, 1.165) is 29.9 Å². The van der Waals surface area contributed by atoms with Crippen LogP contribution in [0.1, 0.15) is 42.8 Å². The van der Waals surface area contributed by atoms with Crippen LogP contribution in [-0.2, 0) is 13.0 Å². The van der Waals surface area contributed by atoms with Gasteiger partial charge in [-0.05, 0) is 67.1 Å². The number of aromatic nitrogens is 2. The molecule has 0 aliphatic heterocycles. The lowest BCUT2D eigenvalue weighted by Crippen LogP contribution is -2.06. The van der Waals surface area contributed by atoms with Crippen LogP contribution < -0.4 is 0 Å². The molecule has 0 amide bonds. The maximum atomic E-state index is 6.02. The van der Waals surface area contributed by atoms with Crippen molar-refractivity contribution in [3.8, 4) is 0 Å². The largest absolute Gasteiger partial charge is 0.323 e. The summed E-state index contributed by atoms with van der Waals surface area (Å²) in [6, 6.07) is 12.6. The molecule has 0 bridgehead atoms. The van der Waals surface area contributed by atoms with Crippen LogP contribution in [0.15, 0.2) is 36.4 Å². The summed E-state index contributed by atoms with van der Waals surface area (Å²) in [5, 5.41) is 0.778. The first kappa shape index (κ1) is 17.0. The predicted octanol–water partition coefficient (Wildman–Crippen LogP) is 5.94. The van der Waals surface area contributed by atoms with Crippen molar-refractivity contribution in [1.29, 1.82) is 0 Å². The zero-order valence-corrected chi connectivity index (χ0v) is 15.7. The van der Waals surface area contributed by atoms with Crippen molar-refractivity contribution in [2.75, 3.05) is 0 Å². The van der Waals surface area contributed by atoms with Gasteiger partial charge in [-0.1, -0.05) is 37.6 Å². The zero-order valence-electron chi connectivity index (χ0n) is 14.9. The van der Waals surface area contributed by atoms with E-state index in [2.05, 4.69) is 56.5 Å². The molecule has 3 aromatic rings. The topological polar surface area (TPSA) is 17.8 Å². The van der Waals surface area contributed by atoms with Crippen LogP contribution in [0.2, 0.25) is 5.02 Å². The molecule has 126 valence electrons. The molecular weight excluding hydrogens is 316 g/mol. The number of halogens is 1. The molecule has 0 atom stereocenters. The average Bonchev–Trinajstić information content (AvgIpc) is 2.85. The molecule has 0 aliphatic carbocycles. The first-order valence-electron chi connectivity index (χ1n) is 8.65. The number of nitrogens with zero attached hydrogens (tertiary/aromatic N) is 2. The van der Waals surface area contributed by atoms with E-state index in [1.807, 2.05) is 12.1 Å². The lowest BCUT2D eigenvalue weighted by molar-refractivity contribution is 0.563. The van der Waals surface area contributed by atoms with Crippen LogP contribution in [0.3, 0.4) is 0 Å². The Kier molecular flexibility index (Phi) is 4.96. The van der Waals surface area contributed by atoms with Gasteiger partial charge in [0.1, 0.15) is 5.82 Å². The molecular formula is C21H25ClN2. The maximum absolute atomic E-state index is 6.02. The molecule has 0 saturated heterocycles. The van der Waals surface area contributed by atoms with Crippen LogP contribution in [-0.4, -0.2) is 9.55 Å². The van der Waals surface area contributed by atoms with Crippen LogP contribution in [0.5, 0.6) is 0 Å². The van der Waals surface area contributed by atoms with Gasteiger partial charge in [-0.2, -0.15) is 0 Å². The van der Waals surface area contributed by atoms with Gasteiger partial charge in [0.05, 0.1) is 11.0 Å². The Bertz CT molecular complexity index is 844. The lowest BCUT2D eigenvalue weighted by Gasteiger charge is -2.11. The van der Waals surface area contributed by atoms with Crippen molar-refractivity contribution in [3.05, 3.63) is 63.9 Å². The Morgan fingerprint density at radius 2 is 1.71 bits per heavy atom. The number of fused-ring (bicyclic) bond motifs is 1. The van der Waals surface area contributed by atoms with Gasteiger partial charge in [-0.3, -0.25) is 0 Å². The van der Waals surface area contributed by atoms with Gasteiger partial charge in [-0.25, -0.2) is 4.98 Å². The molecule has 0 aliphatic rings. The second kappa shape index (κ2) is 6.98. The minimum Gasteiger partial charge on any atom is -0.323 e. The summed E-state index contributed by atoms with van der Waals surface area (Å²) in [7, 11) is 0. The average molecular weight is 341 g/mol. The fourth-order valence-electron chi connectivity index (χ4n) is 2.99. The third-order valence-electron chi connectivity index (χ3n) is 4.64. The highest BCUT2D eigenvalue weighted by molar-refractivity contribution is 6.30. The molecule has 0 unspecified atom stereocenters. The summed E-state index contributed by atoms with van der Waals surface area (Å²) in [5.74, 6) is 1.86. The smallest absolute Gasteiger partial charge is 0.110 e. The first-order valence-corrected chi connectivity index (χ1v) is 9.02. The Hall–Kier alpha value is -1.80. The van der Waals surface area contributed by atoms with Gasteiger partial charge < -0.3 is 4.57 Å². The van der Waals surface area contributed by atoms with Crippen LogP contribution in [0.25, 0.3) is 11.0 Å². The highest BCUT2D eigenvalue weighted by Crippen LogP contribution is 2.24. The highest BCUT2D eigenvalue weighted by Gasteiger charge is 2.13. The lowest BCUT2D eigenvalue weighted by atomic mass is 10.1. The van der Waals surface area contributed by atoms with E-state index in [4.69, 9.17) is 16.6 Å². The molecule has 24 heavy (non-hydrogen) atoms. The summed E-state index contributed by atoms with van der Waals surface area (Å²) in [6.45, 7) is 9.69. The fourth-order valence-corrected chi connectivity index (χ4v) is 3.11. The summed E-state index contributed by atoms with van der Waals surface area (Å²) in [4.78, 5) is 4.94. The van der Waals surface area contributed by atoms with Gasteiger partial charge in [0.15, 0.2) is 0 Å². The summed E-state index contributed by atoms with van der Waals surface area (Å²) >= 11 is 6.02. The van der Waals surface area contributed by atoms with Crippen molar-refractivity contribution < 1.29 is 0 Å². The predicted molar refractivity (Wildman–Crippen MR) is 103 cm³/mol. The number of benzene rings is 2. The van der Waals surface area contributed by atoms with Gasteiger partial charge in [0, 0.05) is 18.0 Å². The van der Waals surface area contributed by atoms with E-state index in [1.54, 1.807) is 0 Å². The molecule has 2 nitrogen and oxygen atoms in total. The standard InChI is InChI=1S/C21H25ClN2/c1-14(2)5-10-21-23-19-11-15(3)16(4)12-20(19)24(21)13-17-6-8-18(22)9-7-17/h6-9,11-12,14H,5,10,13H2,1-4H3. The number of rotatable bonds is 5. The van der Waals surface area contributed by atoms with Crippen molar-refractivity contribution in [2.24, 2.45) is 5.92 Å². The Morgan fingerprint density at radius 1 is 1.04 bits per heavy atom. The number of aryl methyl sites for hydroxylation is 3. The molecule has 3 rings (SSSR count). The third-order valence-corrected chi connectivity index (χ3v) is 4.89. The number of hydrogen-bond acceptors (Lipinski definition) is 1. The van der Waals surface area contributed by atoms with Crippen LogP contribution >= 0.6 is 11.6 Å². The molecule has 0 N–H and O–H groups in total. The van der Waals surface area contributed by atoms with Crippen LogP contribution in [0, 0.1) is 19.8 Å². The van der Waals surface area contributed by atoms with E-state index >= 15 is 0 Å². The van der Waals surface area contributed by atoms with E-state index < -0.39 is 0 Å². The Morgan fingerprint density at radius 3 is 2.38 bits per heavy atom. The fraction of sp³-hybridized carbons (Fsp3) is 0.381. The van der Waals surface area contributed by atoms with E-state index in [0.29, 0.717) is 5.92 Å². The molecule has 0 fully saturated rings. The molecule has 0 radical (unpaired) electrons. The quantitative estimate of drug-likeness (QED) is 0.561. The monoisotopic (exact) mass is 340 g/mol. The third kappa shape index (κ3) is 3.64. The SMILES string of the molecule is Cc1cc2nc(CCC(C)C)n(Cc3ccc(Cl)cc3)c2cc1C. The van der Waals surface area contributed by atoms with Crippen LogP contribution in [0.4, 0.5) is 0 Å². The first-order chi connectivity index (χ1) is 11.4. The Labute approximate surface area is 149 Å². The van der Waals surface area contributed by atoms with E-state index in [-0.39, 0.29) is 0 Å². The van der Waals surface area contributed by atoms with Crippen molar-refractivity contribution >= 4 is 22.6 Å². The van der Waals surface area contributed by atoms with Gasteiger partial charge in [-0.15, -0.1) is 0 Å².